The molecule has 2 rings (SSSR count). The summed E-state index contributed by atoms with van der Waals surface area (Å²) >= 11 is 2.23. The topological polar surface area (TPSA) is 109 Å². The summed E-state index contributed by atoms with van der Waals surface area (Å²) in [6, 6.07) is 7.18. The van der Waals surface area contributed by atoms with Crippen molar-refractivity contribution < 1.29 is 23.5 Å². The van der Waals surface area contributed by atoms with Crippen molar-refractivity contribution in [1.82, 2.24) is 4.98 Å². The Labute approximate surface area is 175 Å². The molecule has 0 aliphatic rings. The number of rotatable bonds is 9. The summed E-state index contributed by atoms with van der Waals surface area (Å²) in [5.41, 5.74) is 1.15. The molecule has 1 aromatic carbocycles. The second-order valence-corrected chi connectivity index (χ2v) is 8.19. The van der Waals surface area contributed by atoms with E-state index in [4.69, 9.17) is 4.74 Å². The Morgan fingerprint density at radius 3 is 2.62 bits per heavy atom. The zero-order valence-electron chi connectivity index (χ0n) is 15.7. The van der Waals surface area contributed by atoms with E-state index >= 15 is 0 Å². The molecule has 0 fully saturated rings. The third kappa shape index (κ3) is 6.96. The van der Waals surface area contributed by atoms with Crippen molar-refractivity contribution in [1.29, 1.82) is 5.26 Å². The van der Waals surface area contributed by atoms with Crippen LogP contribution in [0.3, 0.4) is 0 Å². The van der Waals surface area contributed by atoms with Gasteiger partial charge in [0.25, 0.3) is 0 Å². The molecule has 0 saturated carbocycles. The van der Waals surface area contributed by atoms with E-state index in [1.165, 1.54) is 35.6 Å². The zero-order valence-corrected chi connectivity index (χ0v) is 17.3. The Morgan fingerprint density at radius 1 is 1.34 bits per heavy atom. The number of ether oxygens (including phenoxy) is 1. The van der Waals surface area contributed by atoms with Crippen molar-refractivity contribution in [3.8, 4) is 6.07 Å². The van der Waals surface area contributed by atoms with Gasteiger partial charge in [-0.15, -0.1) is 23.1 Å². The first kappa shape index (κ1) is 22.5. The second kappa shape index (κ2) is 10.7. The molecule has 2 atom stereocenters. The van der Waals surface area contributed by atoms with Crippen LogP contribution in [0.2, 0.25) is 0 Å². The van der Waals surface area contributed by atoms with Gasteiger partial charge < -0.3 is 10.1 Å². The van der Waals surface area contributed by atoms with Gasteiger partial charge in [-0.3, -0.25) is 14.4 Å². The lowest BCUT2D eigenvalue weighted by molar-refractivity contribution is -0.147. The van der Waals surface area contributed by atoms with Gasteiger partial charge in [-0.25, -0.2) is 9.37 Å². The molecule has 0 unspecified atom stereocenters. The fourth-order valence-electron chi connectivity index (χ4n) is 2.11. The number of anilines is 1. The Kier molecular flexibility index (Phi) is 8.30. The monoisotopic (exact) mass is 435 g/mol. The van der Waals surface area contributed by atoms with Crippen molar-refractivity contribution in [3.63, 3.8) is 0 Å². The molecular weight excluding hydrogens is 417 g/mol. The van der Waals surface area contributed by atoms with Crippen LogP contribution in [-0.2, 0) is 19.1 Å². The van der Waals surface area contributed by atoms with E-state index in [9.17, 15) is 24.0 Å². The average Bonchev–Trinajstić information content (AvgIpc) is 3.12. The first-order valence-electron chi connectivity index (χ1n) is 8.48. The van der Waals surface area contributed by atoms with Gasteiger partial charge in [-0.1, -0.05) is 0 Å². The smallest absolute Gasteiger partial charge is 0.319 e. The number of carbonyl (C=O) groups excluding carboxylic acids is 3. The van der Waals surface area contributed by atoms with Crippen LogP contribution in [0.15, 0.2) is 29.6 Å². The number of ketones is 1. The number of Topliss-reactive ketones (excluding diaryl/α,β-unsaturated/α-hetero) is 1. The average molecular weight is 436 g/mol. The van der Waals surface area contributed by atoms with E-state index in [0.717, 1.165) is 11.8 Å². The summed E-state index contributed by atoms with van der Waals surface area (Å²) < 4.78 is 17.8. The van der Waals surface area contributed by atoms with E-state index in [1.807, 2.05) is 6.07 Å². The van der Waals surface area contributed by atoms with Crippen molar-refractivity contribution in [2.24, 2.45) is 0 Å². The molecule has 0 radical (unpaired) electrons. The minimum Gasteiger partial charge on any atom is -0.457 e. The zero-order chi connectivity index (χ0) is 21.4. The van der Waals surface area contributed by atoms with Gasteiger partial charge in [0.2, 0.25) is 5.91 Å². The van der Waals surface area contributed by atoms with Crippen LogP contribution in [0.25, 0.3) is 0 Å². The molecule has 1 N–H and O–H groups in total. The quantitative estimate of drug-likeness (QED) is 0.603. The van der Waals surface area contributed by atoms with E-state index in [2.05, 4.69) is 10.3 Å². The van der Waals surface area contributed by atoms with Gasteiger partial charge in [0, 0.05) is 16.8 Å². The Hall–Kier alpha value is -2.77. The van der Waals surface area contributed by atoms with Crippen LogP contribution in [0.5, 0.6) is 0 Å². The van der Waals surface area contributed by atoms with Gasteiger partial charge in [0.15, 0.2) is 18.3 Å². The fraction of sp³-hybridized carbons (Fsp3) is 0.316. The van der Waals surface area contributed by atoms with Gasteiger partial charge in [0.1, 0.15) is 16.1 Å². The first-order chi connectivity index (χ1) is 13.8. The highest BCUT2D eigenvalue weighted by atomic mass is 32.2. The molecule has 0 spiro atoms. The highest BCUT2D eigenvalue weighted by Crippen LogP contribution is 2.21. The molecule has 1 amide bonds. The molecule has 0 bridgehead atoms. The maximum absolute atomic E-state index is 12.9. The number of amides is 1. The number of aromatic nitrogens is 1. The number of carbonyl (C=O) groups is 3. The van der Waals surface area contributed by atoms with Crippen LogP contribution in [0.1, 0.15) is 23.5 Å². The van der Waals surface area contributed by atoms with Gasteiger partial charge in [-0.05, 0) is 38.1 Å². The SMILES string of the molecule is Cc1csc([C@@H](C#N)C(=O)COC(=O)[C@@H](C)SCC(=O)Nc2ccc(F)cc2)n1. The lowest BCUT2D eigenvalue weighted by Gasteiger charge is -2.12. The van der Waals surface area contributed by atoms with Crippen LogP contribution in [-0.4, -0.2) is 40.3 Å². The fourth-order valence-corrected chi connectivity index (χ4v) is 3.65. The van der Waals surface area contributed by atoms with E-state index < -0.39 is 35.3 Å². The number of esters is 1. The summed E-state index contributed by atoms with van der Waals surface area (Å²) in [6.45, 7) is 2.76. The molecule has 1 aromatic heterocycles. The number of nitriles is 1. The number of thiazole rings is 1. The normalized spacial score (nSPS) is 12.5. The van der Waals surface area contributed by atoms with Crippen LogP contribution in [0, 0.1) is 24.1 Å². The summed E-state index contributed by atoms with van der Waals surface area (Å²) in [4.78, 5) is 40.2. The van der Waals surface area contributed by atoms with Gasteiger partial charge in [-0.2, -0.15) is 5.26 Å². The first-order valence-corrected chi connectivity index (χ1v) is 10.4. The third-order valence-electron chi connectivity index (χ3n) is 3.62. The summed E-state index contributed by atoms with van der Waals surface area (Å²) in [5, 5.41) is 13.2. The predicted molar refractivity (Wildman–Crippen MR) is 108 cm³/mol. The number of nitrogens with one attached hydrogen (secondary N) is 1. The summed E-state index contributed by atoms with van der Waals surface area (Å²) in [7, 11) is 0. The number of halogens is 1. The molecule has 1 heterocycles. The molecule has 152 valence electrons. The molecule has 0 aliphatic carbocycles. The molecule has 2 aromatic rings. The summed E-state index contributed by atoms with van der Waals surface area (Å²) in [6.07, 6.45) is 0. The number of nitrogens with zero attached hydrogens (tertiary/aromatic N) is 2. The number of aryl methyl sites for hydroxylation is 1. The van der Waals surface area contributed by atoms with Crippen LogP contribution in [0.4, 0.5) is 10.1 Å². The third-order valence-corrected chi connectivity index (χ3v) is 5.76. The highest BCUT2D eigenvalue weighted by Gasteiger charge is 2.25. The second-order valence-electron chi connectivity index (χ2n) is 5.97. The lowest BCUT2D eigenvalue weighted by Crippen LogP contribution is -2.25. The van der Waals surface area contributed by atoms with Crippen molar-refractivity contribution in [2.75, 3.05) is 17.7 Å². The standard InChI is InChI=1S/C19H18FN3O4S2/c1-11-9-29-18(22-11)15(7-21)16(24)8-27-19(26)12(2)28-10-17(25)23-14-5-3-13(20)4-6-14/h3-6,9,12,15H,8,10H2,1-2H3,(H,23,25)/t12-,15+/m1/s1. The van der Waals surface area contributed by atoms with Crippen molar-refractivity contribution >= 4 is 46.4 Å². The number of thioether (sulfide) groups is 1. The molecule has 29 heavy (non-hydrogen) atoms. The molecule has 7 nitrogen and oxygen atoms in total. The minimum atomic E-state index is -1.08. The van der Waals surface area contributed by atoms with E-state index in [0.29, 0.717) is 16.4 Å². The Bertz CT molecular complexity index is 924. The van der Waals surface area contributed by atoms with Crippen LogP contribution < -0.4 is 5.32 Å². The van der Waals surface area contributed by atoms with E-state index in [-0.39, 0.29) is 11.7 Å². The van der Waals surface area contributed by atoms with E-state index in [1.54, 1.807) is 19.2 Å². The molecular formula is C19H18FN3O4S2. The van der Waals surface area contributed by atoms with Crippen molar-refractivity contribution in [3.05, 3.63) is 46.2 Å². The Balaban J connectivity index is 1.76. The molecule has 10 heteroatoms. The van der Waals surface area contributed by atoms with Crippen LogP contribution >= 0.6 is 23.1 Å². The largest absolute Gasteiger partial charge is 0.457 e. The minimum absolute atomic E-state index is 0.0270. The van der Waals surface area contributed by atoms with Gasteiger partial charge in [0.05, 0.1) is 11.8 Å². The number of hydrogen-bond donors (Lipinski definition) is 1. The maximum Gasteiger partial charge on any atom is 0.319 e. The van der Waals surface area contributed by atoms with Gasteiger partial charge >= 0.3 is 5.97 Å². The lowest BCUT2D eigenvalue weighted by atomic mass is 10.1. The summed E-state index contributed by atoms with van der Waals surface area (Å²) in [5.74, 6) is -3.09. The molecule has 0 aliphatic heterocycles. The predicted octanol–water partition coefficient (Wildman–Crippen LogP) is 3.07. The van der Waals surface area contributed by atoms with Crippen molar-refractivity contribution in [2.45, 2.75) is 25.0 Å². The maximum atomic E-state index is 12.9. The Morgan fingerprint density at radius 2 is 2.03 bits per heavy atom. The molecule has 0 saturated heterocycles. The number of benzene rings is 1. The highest BCUT2D eigenvalue weighted by molar-refractivity contribution is 8.01. The number of hydrogen-bond acceptors (Lipinski definition) is 8.